The van der Waals surface area contributed by atoms with E-state index in [1.807, 2.05) is 42.2 Å². The lowest BCUT2D eigenvalue weighted by Gasteiger charge is -2.27. The number of hydrogen-bond donors (Lipinski definition) is 0. The molecule has 0 radical (unpaired) electrons. The number of hydrogen-bond acceptors (Lipinski definition) is 5. The molecule has 0 saturated carbocycles. The normalized spacial score (nSPS) is 17.8. The Balaban J connectivity index is 1.65. The molecule has 1 aliphatic heterocycles. The summed E-state index contributed by atoms with van der Waals surface area (Å²) in [5.41, 5.74) is 0. The van der Waals surface area contributed by atoms with Gasteiger partial charge >= 0.3 is 0 Å². The van der Waals surface area contributed by atoms with Crippen LogP contribution in [0.5, 0.6) is 5.75 Å². The van der Waals surface area contributed by atoms with E-state index in [1.54, 1.807) is 30.2 Å². The van der Waals surface area contributed by atoms with Crippen LogP contribution in [0.4, 0.5) is 0 Å². The summed E-state index contributed by atoms with van der Waals surface area (Å²) in [4.78, 5) is 17.4. The third-order valence-corrected chi connectivity index (χ3v) is 6.37. The standard InChI is InChI=1S/C20H25NO3S2/c1-15(26-18-9-7-16(23-2)8-10-18)20(22)21(13-17-5-3-11-24-17)14-19-6-4-12-25-19/h4,6-10,12,15,17H,3,5,11,13-14H2,1-2H3. The van der Waals surface area contributed by atoms with Crippen molar-refractivity contribution in [2.75, 3.05) is 20.3 Å². The molecule has 4 nitrogen and oxygen atoms in total. The summed E-state index contributed by atoms with van der Waals surface area (Å²) < 4.78 is 11.0. The van der Waals surface area contributed by atoms with Gasteiger partial charge in [0.25, 0.3) is 0 Å². The summed E-state index contributed by atoms with van der Waals surface area (Å²) in [7, 11) is 1.65. The Kier molecular flexibility index (Phi) is 7.00. The van der Waals surface area contributed by atoms with Gasteiger partial charge in [-0.05, 0) is 55.5 Å². The number of thioether (sulfide) groups is 1. The molecular weight excluding hydrogens is 366 g/mol. The van der Waals surface area contributed by atoms with E-state index in [2.05, 4.69) is 11.4 Å². The predicted octanol–water partition coefficient (Wildman–Crippen LogP) is 4.45. The number of ether oxygens (including phenoxy) is 2. The first kappa shape index (κ1) is 19.3. The zero-order valence-electron chi connectivity index (χ0n) is 15.2. The molecule has 140 valence electrons. The molecule has 0 N–H and O–H groups in total. The molecule has 0 bridgehead atoms. The molecular formula is C20H25NO3S2. The van der Waals surface area contributed by atoms with Gasteiger partial charge in [-0.3, -0.25) is 4.79 Å². The van der Waals surface area contributed by atoms with Gasteiger partial charge in [0.2, 0.25) is 5.91 Å². The molecule has 2 unspecified atom stereocenters. The zero-order chi connectivity index (χ0) is 18.4. The average Bonchev–Trinajstić information content (AvgIpc) is 3.35. The molecule has 6 heteroatoms. The second-order valence-electron chi connectivity index (χ2n) is 6.37. The van der Waals surface area contributed by atoms with E-state index >= 15 is 0 Å². The van der Waals surface area contributed by atoms with Gasteiger partial charge in [-0.25, -0.2) is 0 Å². The Morgan fingerprint density at radius 1 is 1.38 bits per heavy atom. The third kappa shape index (κ3) is 5.25. The van der Waals surface area contributed by atoms with Crippen molar-refractivity contribution in [3.63, 3.8) is 0 Å². The average molecular weight is 392 g/mol. The Bertz CT molecular complexity index is 682. The largest absolute Gasteiger partial charge is 0.497 e. The smallest absolute Gasteiger partial charge is 0.236 e. The highest BCUT2D eigenvalue weighted by atomic mass is 32.2. The predicted molar refractivity (Wildman–Crippen MR) is 107 cm³/mol. The maximum absolute atomic E-state index is 13.1. The molecule has 2 aromatic rings. The Morgan fingerprint density at radius 3 is 2.81 bits per heavy atom. The molecule has 3 rings (SSSR count). The minimum absolute atomic E-state index is 0.148. The highest BCUT2D eigenvalue weighted by molar-refractivity contribution is 8.00. The fraction of sp³-hybridized carbons (Fsp3) is 0.450. The quantitative estimate of drug-likeness (QED) is 0.624. The van der Waals surface area contributed by atoms with E-state index < -0.39 is 0 Å². The van der Waals surface area contributed by atoms with E-state index in [0.717, 1.165) is 30.1 Å². The number of nitrogens with zero attached hydrogens (tertiary/aromatic N) is 1. The van der Waals surface area contributed by atoms with Crippen molar-refractivity contribution < 1.29 is 14.3 Å². The third-order valence-electron chi connectivity index (χ3n) is 4.41. The number of methoxy groups -OCH3 is 1. The number of carbonyl (C=O) groups excluding carboxylic acids is 1. The van der Waals surface area contributed by atoms with Gasteiger partial charge < -0.3 is 14.4 Å². The molecule has 1 amide bonds. The first-order chi connectivity index (χ1) is 12.7. The van der Waals surface area contributed by atoms with Gasteiger partial charge in [-0.2, -0.15) is 0 Å². The second kappa shape index (κ2) is 9.44. The molecule has 2 heterocycles. The summed E-state index contributed by atoms with van der Waals surface area (Å²) in [6, 6.07) is 12.0. The van der Waals surface area contributed by atoms with Crippen LogP contribution in [-0.2, 0) is 16.1 Å². The number of benzene rings is 1. The lowest BCUT2D eigenvalue weighted by Crippen LogP contribution is -2.40. The number of thiophene rings is 1. The van der Waals surface area contributed by atoms with E-state index in [-0.39, 0.29) is 17.3 Å². The Hall–Kier alpha value is -1.50. The Labute approximate surface area is 163 Å². The molecule has 1 fully saturated rings. The summed E-state index contributed by atoms with van der Waals surface area (Å²) in [6.07, 6.45) is 2.29. The fourth-order valence-corrected chi connectivity index (χ4v) is 4.69. The van der Waals surface area contributed by atoms with Gasteiger partial charge in [-0.1, -0.05) is 6.07 Å². The molecule has 26 heavy (non-hydrogen) atoms. The van der Waals surface area contributed by atoms with Gasteiger partial charge in [0.1, 0.15) is 5.75 Å². The lowest BCUT2D eigenvalue weighted by atomic mass is 10.2. The minimum atomic E-state index is -0.148. The van der Waals surface area contributed by atoms with Crippen molar-refractivity contribution in [3.8, 4) is 5.75 Å². The van der Waals surface area contributed by atoms with Crippen molar-refractivity contribution in [1.82, 2.24) is 4.90 Å². The van der Waals surface area contributed by atoms with Crippen LogP contribution < -0.4 is 4.74 Å². The molecule has 0 aliphatic carbocycles. The van der Waals surface area contributed by atoms with Crippen LogP contribution in [0, 0.1) is 0 Å². The number of carbonyl (C=O) groups is 1. The van der Waals surface area contributed by atoms with Crippen LogP contribution in [0.2, 0.25) is 0 Å². The Morgan fingerprint density at radius 2 is 2.19 bits per heavy atom. The summed E-state index contributed by atoms with van der Waals surface area (Å²) in [5, 5.41) is 1.91. The van der Waals surface area contributed by atoms with E-state index in [0.29, 0.717) is 13.1 Å². The van der Waals surface area contributed by atoms with E-state index in [1.165, 1.54) is 4.88 Å². The van der Waals surface area contributed by atoms with Crippen molar-refractivity contribution in [1.29, 1.82) is 0 Å². The van der Waals surface area contributed by atoms with Gasteiger partial charge in [0, 0.05) is 22.9 Å². The van der Waals surface area contributed by atoms with Gasteiger partial charge in [0.05, 0.1) is 25.0 Å². The SMILES string of the molecule is COc1ccc(SC(C)C(=O)N(Cc2cccs2)CC2CCCO2)cc1. The van der Waals surface area contributed by atoms with Gasteiger partial charge in [-0.15, -0.1) is 23.1 Å². The highest BCUT2D eigenvalue weighted by Gasteiger charge is 2.26. The van der Waals surface area contributed by atoms with E-state index in [4.69, 9.17) is 9.47 Å². The molecule has 1 aliphatic rings. The van der Waals surface area contributed by atoms with Crippen molar-refractivity contribution >= 4 is 29.0 Å². The van der Waals surface area contributed by atoms with Crippen LogP contribution >= 0.6 is 23.1 Å². The molecule has 2 atom stereocenters. The highest BCUT2D eigenvalue weighted by Crippen LogP contribution is 2.27. The van der Waals surface area contributed by atoms with Gasteiger partial charge in [0.15, 0.2) is 0 Å². The van der Waals surface area contributed by atoms with Crippen LogP contribution in [0.3, 0.4) is 0 Å². The summed E-state index contributed by atoms with van der Waals surface area (Å²) in [6.45, 7) is 4.12. The number of rotatable bonds is 8. The minimum Gasteiger partial charge on any atom is -0.497 e. The maximum Gasteiger partial charge on any atom is 0.236 e. The van der Waals surface area contributed by atoms with E-state index in [9.17, 15) is 4.79 Å². The van der Waals surface area contributed by atoms with Crippen LogP contribution in [-0.4, -0.2) is 42.4 Å². The monoisotopic (exact) mass is 391 g/mol. The van der Waals surface area contributed by atoms with Crippen LogP contribution in [0.25, 0.3) is 0 Å². The zero-order valence-corrected chi connectivity index (χ0v) is 16.9. The molecule has 1 aromatic carbocycles. The van der Waals surface area contributed by atoms with Crippen LogP contribution in [0.15, 0.2) is 46.7 Å². The first-order valence-electron chi connectivity index (χ1n) is 8.89. The molecule has 0 spiro atoms. The topological polar surface area (TPSA) is 38.8 Å². The molecule has 1 saturated heterocycles. The summed E-state index contributed by atoms with van der Waals surface area (Å²) in [5.74, 6) is 0.987. The van der Waals surface area contributed by atoms with Crippen molar-refractivity contribution in [2.45, 2.75) is 42.6 Å². The fourth-order valence-electron chi connectivity index (χ4n) is 3.02. The lowest BCUT2D eigenvalue weighted by molar-refractivity contribution is -0.132. The van der Waals surface area contributed by atoms with Crippen molar-refractivity contribution in [3.05, 3.63) is 46.7 Å². The summed E-state index contributed by atoms with van der Waals surface area (Å²) >= 11 is 3.28. The second-order valence-corrected chi connectivity index (χ2v) is 8.82. The maximum atomic E-state index is 13.1. The van der Waals surface area contributed by atoms with Crippen molar-refractivity contribution in [2.24, 2.45) is 0 Å². The van der Waals surface area contributed by atoms with Crippen LogP contribution in [0.1, 0.15) is 24.6 Å². The molecule has 1 aromatic heterocycles. The number of amides is 1. The first-order valence-corrected chi connectivity index (χ1v) is 10.6.